The van der Waals surface area contributed by atoms with Crippen molar-refractivity contribution in [2.75, 3.05) is 11.7 Å². The fourth-order valence-corrected chi connectivity index (χ4v) is 2.81. The third-order valence-electron chi connectivity index (χ3n) is 3.91. The molecule has 6 heteroatoms. The monoisotopic (exact) mass is 309 g/mol. The van der Waals surface area contributed by atoms with Crippen LogP contribution in [0.5, 0.6) is 11.5 Å². The minimum Gasteiger partial charge on any atom is -0.454 e. The minimum atomic E-state index is -0.452. The fourth-order valence-electron chi connectivity index (χ4n) is 2.81. The van der Waals surface area contributed by atoms with E-state index < -0.39 is 11.8 Å². The number of carbonyl (C=O) groups is 3. The number of amides is 2. The maximum absolute atomic E-state index is 12.6. The van der Waals surface area contributed by atoms with E-state index in [0.717, 1.165) is 4.90 Å². The van der Waals surface area contributed by atoms with Gasteiger partial charge < -0.3 is 9.47 Å². The van der Waals surface area contributed by atoms with Gasteiger partial charge in [-0.25, -0.2) is 4.90 Å². The molecule has 2 heterocycles. The maximum atomic E-state index is 12.6. The quantitative estimate of drug-likeness (QED) is 0.629. The van der Waals surface area contributed by atoms with Crippen LogP contribution < -0.4 is 14.4 Å². The van der Waals surface area contributed by atoms with Crippen LogP contribution in [0.2, 0.25) is 0 Å². The first-order valence-electron chi connectivity index (χ1n) is 7.00. The smallest absolute Gasteiger partial charge is 0.266 e. The Hall–Kier alpha value is -3.15. The molecule has 2 amide bonds. The molecule has 0 bridgehead atoms. The molecule has 0 radical (unpaired) electrons. The fraction of sp³-hybridized carbons (Fsp3) is 0.118. The van der Waals surface area contributed by atoms with Gasteiger partial charge in [0.2, 0.25) is 6.79 Å². The number of hydrogen-bond donors (Lipinski definition) is 0. The van der Waals surface area contributed by atoms with Gasteiger partial charge in [-0.2, -0.15) is 0 Å². The molecule has 2 aromatic rings. The Morgan fingerprint density at radius 3 is 2.13 bits per heavy atom. The van der Waals surface area contributed by atoms with Crippen molar-refractivity contribution >= 4 is 23.3 Å². The van der Waals surface area contributed by atoms with Crippen LogP contribution in [0.15, 0.2) is 36.4 Å². The Kier molecular flexibility index (Phi) is 2.74. The summed E-state index contributed by atoms with van der Waals surface area (Å²) in [6, 6.07) is 9.58. The molecule has 0 unspecified atom stereocenters. The first kappa shape index (κ1) is 13.5. The average Bonchev–Trinajstić information content (AvgIpc) is 3.10. The standard InChI is InChI=1S/C17H11NO5/c1-9(19)12-6-14-15(23-8-22-14)7-13(12)18-16(20)10-4-2-3-5-11(10)17(18)21/h2-7H,8H2,1H3. The molecule has 0 fully saturated rings. The van der Waals surface area contributed by atoms with E-state index in [1.807, 2.05) is 0 Å². The van der Waals surface area contributed by atoms with E-state index in [0.29, 0.717) is 22.6 Å². The summed E-state index contributed by atoms with van der Waals surface area (Å²) in [6.45, 7) is 1.41. The molecular formula is C17H11NO5. The van der Waals surface area contributed by atoms with Crippen LogP contribution in [0, 0.1) is 0 Å². The number of ether oxygens (including phenoxy) is 2. The summed E-state index contributed by atoms with van der Waals surface area (Å²) in [6.07, 6.45) is 0. The normalized spacial score (nSPS) is 15.1. The molecule has 114 valence electrons. The average molecular weight is 309 g/mol. The number of nitrogens with zero attached hydrogens (tertiary/aromatic N) is 1. The van der Waals surface area contributed by atoms with Crippen molar-refractivity contribution in [3.8, 4) is 11.5 Å². The minimum absolute atomic E-state index is 0.0399. The van der Waals surface area contributed by atoms with Crippen LogP contribution in [0.1, 0.15) is 38.0 Å². The lowest BCUT2D eigenvalue weighted by molar-refractivity contribution is 0.0926. The van der Waals surface area contributed by atoms with E-state index in [1.165, 1.54) is 19.1 Å². The number of Topliss-reactive ketones (excluding diaryl/α,β-unsaturated/α-hetero) is 1. The third-order valence-corrected chi connectivity index (χ3v) is 3.91. The number of rotatable bonds is 2. The molecule has 23 heavy (non-hydrogen) atoms. The second-order valence-corrected chi connectivity index (χ2v) is 5.27. The van der Waals surface area contributed by atoms with E-state index in [9.17, 15) is 14.4 Å². The molecule has 2 aliphatic heterocycles. The molecule has 0 spiro atoms. The van der Waals surface area contributed by atoms with Crippen molar-refractivity contribution in [3.05, 3.63) is 53.1 Å². The summed E-state index contributed by atoms with van der Waals surface area (Å²) < 4.78 is 10.6. The van der Waals surface area contributed by atoms with Gasteiger partial charge in [0, 0.05) is 11.6 Å². The van der Waals surface area contributed by atoms with Crippen molar-refractivity contribution in [3.63, 3.8) is 0 Å². The Bertz CT molecular complexity index is 852. The summed E-state index contributed by atoms with van der Waals surface area (Å²) in [5.74, 6) is -0.342. The molecule has 6 nitrogen and oxygen atoms in total. The van der Waals surface area contributed by atoms with Crippen LogP contribution in [0.4, 0.5) is 5.69 Å². The largest absolute Gasteiger partial charge is 0.454 e. The van der Waals surface area contributed by atoms with Crippen LogP contribution in [0.25, 0.3) is 0 Å². The zero-order chi connectivity index (χ0) is 16.1. The topological polar surface area (TPSA) is 72.9 Å². The van der Waals surface area contributed by atoms with E-state index >= 15 is 0 Å². The van der Waals surface area contributed by atoms with Crippen molar-refractivity contribution in [2.24, 2.45) is 0 Å². The second kappa shape index (κ2) is 4.67. The lowest BCUT2D eigenvalue weighted by atomic mass is 10.1. The van der Waals surface area contributed by atoms with Gasteiger partial charge in [0.25, 0.3) is 11.8 Å². The van der Waals surface area contributed by atoms with Crippen LogP contribution in [0.3, 0.4) is 0 Å². The van der Waals surface area contributed by atoms with Crippen molar-refractivity contribution in [1.29, 1.82) is 0 Å². The highest BCUT2D eigenvalue weighted by Gasteiger charge is 2.38. The summed E-state index contributed by atoms with van der Waals surface area (Å²) >= 11 is 0. The molecular weight excluding hydrogens is 298 g/mol. The SMILES string of the molecule is CC(=O)c1cc2c(cc1N1C(=O)c3ccccc3C1=O)OCO2. The molecule has 0 atom stereocenters. The number of anilines is 1. The number of fused-ring (bicyclic) bond motifs is 2. The highest BCUT2D eigenvalue weighted by molar-refractivity contribution is 6.35. The highest BCUT2D eigenvalue weighted by Crippen LogP contribution is 2.40. The van der Waals surface area contributed by atoms with Gasteiger partial charge in [-0.1, -0.05) is 12.1 Å². The van der Waals surface area contributed by atoms with E-state index in [4.69, 9.17) is 9.47 Å². The van der Waals surface area contributed by atoms with Gasteiger partial charge in [0.05, 0.1) is 16.8 Å². The molecule has 0 N–H and O–H groups in total. The van der Waals surface area contributed by atoms with Gasteiger partial charge in [0.1, 0.15) is 0 Å². The Morgan fingerprint density at radius 2 is 1.57 bits per heavy atom. The Labute approximate surface area is 131 Å². The third kappa shape index (κ3) is 1.85. The predicted molar refractivity (Wildman–Crippen MR) is 80.2 cm³/mol. The van der Waals surface area contributed by atoms with Crippen LogP contribution in [-0.2, 0) is 0 Å². The summed E-state index contributed by atoms with van der Waals surface area (Å²) in [7, 11) is 0. The zero-order valence-corrected chi connectivity index (χ0v) is 12.2. The number of hydrogen-bond acceptors (Lipinski definition) is 5. The highest BCUT2D eigenvalue weighted by atomic mass is 16.7. The second-order valence-electron chi connectivity index (χ2n) is 5.27. The predicted octanol–water partition coefficient (Wildman–Crippen LogP) is 2.42. The number of ketones is 1. The van der Waals surface area contributed by atoms with Crippen LogP contribution >= 0.6 is 0 Å². The molecule has 4 rings (SSSR count). The van der Waals surface area contributed by atoms with Gasteiger partial charge >= 0.3 is 0 Å². The van der Waals surface area contributed by atoms with Crippen molar-refractivity contribution < 1.29 is 23.9 Å². The summed E-state index contributed by atoms with van der Waals surface area (Å²) in [5.41, 5.74) is 1.10. The molecule has 0 aromatic heterocycles. The molecule has 0 saturated carbocycles. The Balaban J connectivity index is 1.91. The molecule has 0 aliphatic carbocycles. The van der Waals surface area contributed by atoms with Crippen molar-refractivity contribution in [2.45, 2.75) is 6.92 Å². The Morgan fingerprint density at radius 1 is 1.00 bits per heavy atom. The van der Waals surface area contributed by atoms with Crippen molar-refractivity contribution in [1.82, 2.24) is 0 Å². The molecule has 2 aromatic carbocycles. The van der Waals surface area contributed by atoms with Gasteiger partial charge in [-0.3, -0.25) is 14.4 Å². The van der Waals surface area contributed by atoms with E-state index in [2.05, 4.69) is 0 Å². The maximum Gasteiger partial charge on any atom is 0.266 e. The number of benzene rings is 2. The summed E-state index contributed by atoms with van der Waals surface area (Å²) in [4.78, 5) is 38.2. The lowest BCUT2D eigenvalue weighted by Gasteiger charge is -2.17. The lowest BCUT2D eigenvalue weighted by Crippen LogP contribution is -2.30. The number of imide groups is 1. The first-order chi connectivity index (χ1) is 11.1. The number of carbonyl (C=O) groups excluding carboxylic acids is 3. The van der Waals surface area contributed by atoms with Gasteiger partial charge in [-0.15, -0.1) is 0 Å². The van der Waals surface area contributed by atoms with Gasteiger partial charge in [0.15, 0.2) is 17.3 Å². The van der Waals surface area contributed by atoms with Crippen LogP contribution in [-0.4, -0.2) is 24.4 Å². The zero-order valence-electron chi connectivity index (χ0n) is 12.2. The van der Waals surface area contributed by atoms with E-state index in [1.54, 1.807) is 24.3 Å². The van der Waals surface area contributed by atoms with Gasteiger partial charge in [-0.05, 0) is 25.1 Å². The first-order valence-corrected chi connectivity index (χ1v) is 7.00. The summed E-state index contributed by atoms with van der Waals surface area (Å²) in [5, 5.41) is 0. The molecule has 0 saturated heterocycles. The van der Waals surface area contributed by atoms with E-state index in [-0.39, 0.29) is 23.8 Å². The molecule has 2 aliphatic rings.